The lowest BCUT2D eigenvalue weighted by atomic mass is 10.0. The summed E-state index contributed by atoms with van der Waals surface area (Å²) in [6.07, 6.45) is 4.69. The summed E-state index contributed by atoms with van der Waals surface area (Å²) in [4.78, 5) is 14.9. The minimum absolute atomic E-state index is 0.106. The van der Waals surface area contributed by atoms with Gasteiger partial charge in [-0.1, -0.05) is 36.3 Å². The summed E-state index contributed by atoms with van der Waals surface area (Å²) in [6.45, 7) is 5.11. The molecule has 0 aromatic heterocycles. The van der Waals surface area contributed by atoms with Crippen molar-refractivity contribution in [2.75, 3.05) is 13.1 Å². The van der Waals surface area contributed by atoms with Gasteiger partial charge in [0, 0.05) is 18.2 Å². The van der Waals surface area contributed by atoms with Crippen molar-refractivity contribution in [1.82, 2.24) is 4.90 Å². The molecule has 0 aliphatic heterocycles. The van der Waals surface area contributed by atoms with Gasteiger partial charge in [-0.3, -0.25) is 4.79 Å². The van der Waals surface area contributed by atoms with E-state index in [-0.39, 0.29) is 5.91 Å². The lowest BCUT2D eigenvalue weighted by Crippen LogP contribution is -2.39. The summed E-state index contributed by atoms with van der Waals surface area (Å²) in [7, 11) is 0. The minimum atomic E-state index is 0.106. The lowest BCUT2D eigenvalue weighted by molar-refractivity contribution is 0.0693. The molecule has 112 valence electrons. The Labute approximate surface area is 127 Å². The molecule has 3 heteroatoms. The molecule has 2 N–H and O–H groups in total. The average molecular weight is 284 g/mol. The third-order valence-electron chi connectivity index (χ3n) is 4.10. The largest absolute Gasteiger partial charge is 0.336 e. The van der Waals surface area contributed by atoms with Crippen molar-refractivity contribution in [3.8, 4) is 11.8 Å². The van der Waals surface area contributed by atoms with Crippen LogP contribution < -0.4 is 5.73 Å². The van der Waals surface area contributed by atoms with Gasteiger partial charge in [-0.2, -0.15) is 0 Å². The SMILES string of the molecule is CCN(C(=O)c1cc(C)ccc1C#CCN)C1CCCC1. The molecule has 0 atom stereocenters. The van der Waals surface area contributed by atoms with E-state index in [1.54, 1.807) is 0 Å². The third kappa shape index (κ3) is 3.65. The normalized spacial score (nSPS) is 14.6. The lowest BCUT2D eigenvalue weighted by Gasteiger charge is -2.28. The first-order valence-corrected chi connectivity index (χ1v) is 7.78. The van der Waals surface area contributed by atoms with Crippen molar-refractivity contribution in [2.24, 2.45) is 5.73 Å². The molecular formula is C18H24N2O. The van der Waals surface area contributed by atoms with E-state index in [0.717, 1.165) is 30.5 Å². The summed E-state index contributed by atoms with van der Waals surface area (Å²) in [5.74, 6) is 5.99. The Hall–Kier alpha value is -1.79. The highest BCUT2D eigenvalue weighted by Crippen LogP contribution is 2.25. The molecule has 2 rings (SSSR count). The van der Waals surface area contributed by atoms with E-state index in [2.05, 4.69) is 18.8 Å². The maximum atomic E-state index is 12.9. The minimum Gasteiger partial charge on any atom is -0.336 e. The molecule has 1 aromatic rings. The van der Waals surface area contributed by atoms with Crippen LogP contribution in [0, 0.1) is 18.8 Å². The van der Waals surface area contributed by atoms with Gasteiger partial charge in [0.1, 0.15) is 0 Å². The number of rotatable bonds is 3. The highest BCUT2D eigenvalue weighted by molar-refractivity contribution is 5.97. The molecule has 0 bridgehead atoms. The van der Waals surface area contributed by atoms with Gasteiger partial charge in [0.05, 0.1) is 12.1 Å². The van der Waals surface area contributed by atoms with E-state index in [1.165, 1.54) is 12.8 Å². The second-order valence-electron chi connectivity index (χ2n) is 5.58. The zero-order chi connectivity index (χ0) is 15.2. The number of amides is 1. The van der Waals surface area contributed by atoms with E-state index in [9.17, 15) is 4.79 Å². The topological polar surface area (TPSA) is 46.3 Å². The zero-order valence-corrected chi connectivity index (χ0v) is 13.0. The zero-order valence-electron chi connectivity index (χ0n) is 13.0. The first-order chi connectivity index (χ1) is 10.2. The highest BCUT2D eigenvalue weighted by atomic mass is 16.2. The summed E-state index contributed by atoms with van der Waals surface area (Å²) in [6, 6.07) is 6.25. The number of carbonyl (C=O) groups is 1. The first kappa shape index (κ1) is 15.6. The van der Waals surface area contributed by atoms with E-state index < -0.39 is 0 Å². The predicted octanol–water partition coefficient (Wildman–Crippen LogP) is 2.71. The van der Waals surface area contributed by atoms with E-state index >= 15 is 0 Å². The summed E-state index contributed by atoms with van der Waals surface area (Å²) in [5.41, 5.74) is 8.03. The fraction of sp³-hybridized carbons (Fsp3) is 0.500. The molecule has 1 aliphatic rings. The van der Waals surface area contributed by atoms with Gasteiger partial charge < -0.3 is 10.6 Å². The Morgan fingerprint density at radius 3 is 2.71 bits per heavy atom. The van der Waals surface area contributed by atoms with Gasteiger partial charge in [0.2, 0.25) is 0 Å². The number of aryl methyl sites for hydroxylation is 1. The van der Waals surface area contributed by atoms with Crippen LogP contribution >= 0.6 is 0 Å². The van der Waals surface area contributed by atoms with Crippen LogP contribution in [0.2, 0.25) is 0 Å². The maximum absolute atomic E-state index is 12.9. The maximum Gasteiger partial charge on any atom is 0.255 e. The van der Waals surface area contributed by atoms with E-state index in [1.807, 2.05) is 30.0 Å². The number of nitrogens with zero attached hydrogens (tertiary/aromatic N) is 1. The first-order valence-electron chi connectivity index (χ1n) is 7.78. The van der Waals surface area contributed by atoms with Crippen LogP contribution in [0.1, 0.15) is 54.1 Å². The molecule has 1 fully saturated rings. The Balaban J connectivity index is 2.33. The van der Waals surface area contributed by atoms with Gasteiger partial charge in [-0.25, -0.2) is 0 Å². The number of hydrogen-bond donors (Lipinski definition) is 1. The van der Waals surface area contributed by atoms with Gasteiger partial charge in [0.15, 0.2) is 0 Å². The van der Waals surface area contributed by atoms with Crippen molar-refractivity contribution in [1.29, 1.82) is 0 Å². The van der Waals surface area contributed by atoms with Crippen LogP contribution in [0.4, 0.5) is 0 Å². The molecule has 21 heavy (non-hydrogen) atoms. The van der Waals surface area contributed by atoms with Crippen molar-refractivity contribution in [3.63, 3.8) is 0 Å². The summed E-state index contributed by atoms with van der Waals surface area (Å²) in [5, 5.41) is 0. The van der Waals surface area contributed by atoms with Gasteiger partial charge in [-0.15, -0.1) is 0 Å². The predicted molar refractivity (Wildman–Crippen MR) is 86.1 cm³/mol. The van der Waals surface area contributed by atoms with Crippen molar-refractivity contribution in [2.45, 2.75) is 45.6 Å². The number of carbonyl (C=O) groups excluding carboxylic acids is 1. The summed E-state index contributed by atoms with van der Waals surface area (Å²) >= 11 is 0. The molecule has 0 heterocycles. The Bertz CT molecular complexity index is 562. The quantitative estimate of drug-likeness (QED) is 0.868. The standard InChI is InChI=1S/C18H24N2O/c1-3-20(16-8-4-5-9-16)18(21)17-13-14(2)10-11-15(17)7-6-12-19/h10-11,13,16H,3-5,8-9,12,19H2,1-2H3. The Morgan fingerprint density at radius 2 is 2.10 bits per heavy atom. The third-order valence-corrected chi connectivity index (χ3v) is 4.10. The number of nitrogens with two attached hydrogens (primary N) is 1. The molecule has 0 radical (unpaired) electrons. The molecule has 1 amide bonds. The van der Waals surface area contributed by atoms with Crippen LogP contribution in [0.3, 0.4) is 0 Å². The fourth-order valence-corrected chi connectivity index (χ4v) is 3.03. The van der Waals surface area contributed by atoms with Crippen molar-refractivity contribution in [3.05, 3.63) is 34.9 Å². The van der Waals surface area contributed by atoms with Gasteiger partial charge >= 0.3 is 0 Å². The number of benzene rings is 1. The van der Waals surface area contributed by atoms with Crippen LogP contribution in [0.15, 0.2) is 18.2 Å². The molecular weight excluding hydrogens is 260 g/mol. The molecule has 0 spiro atoms. The Kier molecular flexibility index (Phi) is 5.41. The van der Waals surface area contributed by atoms with Gasteiger partial charge in [0.25, 0.3) is 5.91 Å². The van der Waals surface area contributed by atoms with Crippen LogP contribution in [0.5, 0.6) is 0 Å². The smallest absolute Gasteiger partial charge is 0.255 e. The molecule has 0 saturated heterocycles. The summed E-state index contributed by atoms with van der Waals surface area (Å²) < 4.78 is 0. The molecule has 3 nitrogen and oxygen atoms in total. The molecule has 1 aliphatic carbocycles. The van der Waals surface area contributed by atoms with Crippen molar-refractivity contribution < 1.29 is 4.79 Å². The molecule has 0 unspecified atom stereocenters. The molecule has 1 saturated carbocycles. The highest BCUT2D eigenvalue weighted by Gasteiger charge is 2.27. The number of hydrogen-bond acceptors (Lipinski definition) is 2. The van der Waals surface area contributed by atoms with Crippen LogP contribution in [-0.2, 0) is 0 Å². The van der Waals surface area contributed by atoms with Gasteiger partial charge in [-0.05, 0) is 38.8 Å². The van der Waals surface area contributed by atoms with Crippen LogP contribution in [0.25, 0.3) is 0 Å². The molecule has 1 aromatic carbocycles. The second-order valence-corrected chi connectivity index (χ2v) is 5.58. The average Bonchev–Trinajstić information content (AvgIpc) is 3.00. The van der Waals surface area contributed by atoms with E-state index in [0.29, 0.717) is 18.2 Å². The van der Waals surface area contributed by atoms with Crippen LogP contribution in [-0.4, -0.2) is 29.9 Å². The van der Waals surface area contributed by atoms with E-state index in [4.69, 9.17) is 5.73 Å². The Morgan fingerprint density at radius 1 is 1.38 bits per heavy atom. The second kappa shape index (κ2) is 7.28. The fourth-order valence-electron chi connectivity index (χ4n) is 3.03. The monoisotopic (exact) mass is 284 g/mol. The van der Waals surface area contributed by atoms with Crippen molar-refractivity contribution >= 4 is 5.91 Å².